The van der Waals surface area contributed by atoms with E-state index in [2.05, 4.69) is 0 Å². The lowest BCUT2D eigenvalue weighted by molar-refractivity contribution is 0.0700. The molecule has 126 valence electrons. The van der Waals surface area contributed by atoms with Crippen LogP contribution in [0.5, 0.6) is 0 Å². The smallest absolute Gasteiger partial charge is 0.337 e. The van der Waals surface area contributed by atoms with Gasteiger partial charge in [0.15, 0.2) is 0 Å². The quantitative estimate of drug-likeness (QED) is 0.494. The minimum absolute atomic E-state index is 0.247. The number of hydrogen-bond acceptors (Lipinski definition) is 2. The van der Waals surface area contributed by atoms with Gasteiger partial charge in [0.05, 0.1) is 16.8 Å². The fourth-order valence-electron chi connectivity index (χ4n) is 3.16. The SMILES string of the molecule is O=C(O)c1c(-c2ccccc2)c(-c2cccc(Cl)c2)nc2ccccc12. The highest BCUT2D eigenvalue weighted by molar-refractivity contribution is 6.30. The van der Waals surface area contributed by atoms with Crippen LogP contribution in [0.25, 0.3) is 33.3 Å². The van der Waals surface area contributed by atoms with Gasteiger partial charge < -0.3 is 5.11 Å². The molecule has 1 aromatic heterocycles. The molecule has 4 rings (SSSR count). The fraction of sp³-hybridized carbons (Fsp3) is 0. The molecule has 0 aliphatic heterocycles. The second kappa shape index (κ2) is 6.62. The van der Waals surface area contributed by atoms with E-state index >= 15 is 0 Å². The third kappa shape index (κ3) is 2.83. The monoisotopic (exact) mass is 359 g/mol. The van der Waals surface area contributed by atoms with Gasteiger partial charge in [-0.25, -0.2) is 9.78 Å². The van der Waals surface area contributed by atoms with E-state index in [-0.39, 0.29) is 5.56 Å². The molecule has 0 amide bonds. The molecule has 0 saturated carbocycles. The summed E-state index contributed by atoms with van der Waals surface area (Å²) in [6.07, 6.45) is 0. The number of nitrogens with zero attached hydrogens (tertiary/aromatic N) is 1. The number of pyridine rings is 1. The van der Waals surface area contributed by atoms with Crippen LogP contribution in [0.3, 0.4) is 0 Å². The first-order chi connectivity index (χ1) is 12.6. The fourth-order valence-corrected chi connectivity index (χ4v) is 3.35. The molecule has 1 N–H and O–H groups in total. The van der Waals surface area contributed by atoms with Crippen LogP contribution >= 0.6 is 11.6 Å². The Morgan fingerprint density at radius 3 is 2.27 bits per heavy atom. The molecule has 1 heterocycles. The molecule has 0 atom stereocenters. The Balaban J connectivity index is 2.18. The highest BCUT2D eigenvalue weighted by Gasteiger charge is 2.22. The van der Waals surface area contributed by atoms with E-state index in [0.29, 0.717) is 27.2 Å². The van der Waals surface area contributed by atoms with E-state index in [1.807, 2.05) is 60.7 Å². The molecule has 3 aromatic carbocycles. The molecule has 0 aliphatic carbocycles. The van der Waals surface area contributed by atoms with Gasteiger partial charge >= 0.3 is 5.97 Å². The zero-order valence-corrected chi connectivity index (χ0v) is 14.4. The summed E-state index contributed by atoms with van der Waals surface area (Å²) in [5, 5.41) is 11.2. The molecule has 4 heteroatoms. The maximum atomic E-state index is 12.2. The number of carboxylic acids is 1. The van der Waals surface area contributed by atoms with Crippen LogP contribution in [0.15, 0.2) is 78.9 Å². The van der Waals surface area contributed by atoms with Gasteiger partial charge in [0.25, 0.3) is 0 Å². The summed E-state index contributed by atoms with van der Waals surface area (Å²) < 4.78 is 0. The molecule has 0 unspecified atom stereocenters. The number of rotatable bonds is 3. The minimum atomic E-state index is -0.981. The maximum absolute atomic E-state index is 12.2. The summed E-state index contributed by atoms with van der Waals surface area (Å²) in [6, 6.07) is 24.1. The van der Waals surface area contributed by atoms with Crippen molar-refractivity contribution in [3.8, 4) is 22.4 Å². The van der Waals surface area contributed by atoms with E-state index in [1.165, 1.54) is 0 Å². The van der Waals surface area contributed by atoms with E-state index in [9.17, 15) is 9.90 Å². The van der Waals surface area contributed by atoms with Crippen LogP contribution in [0.1, 0.15) is 10.4 Å². The van der Waals surface area contributed by atoms with Crippen molar-refractivity contribution < 1.29 is 9.90 Å². The predicted octanol–water partition coefficient (Wildman–Crippen LogP) is 5.92. The summed E-state index contributed by atoms with van der Waals surface area (Å²) in [6.45, 7) is 0. The Hall–Kier alpha value is -3.17. The molecule has 0 spiro atoms. The van der Waals surface area contributed by atoms with Crippen molar-refractivity contribution in [2.24, 2.45) is 0 Å². The molecule has 4 aromatic rings. The molecule has 0 radical (unpaired) electrons. The summed E-state index contributed by atoms with van der Waals surface area (Å²) in [7, 11) is 0. The predicted molar refractivity (Wildman–Crippen MR) is 105 cm³/mol. The minimum Gasteiger partial charge on any atom is -0.478 e. The third-order valence-corrected chi connectivity index (χ3v) is 4.50. The van der Waals surface area contributed by atoms with Crippen molar-refractivity contribution >= 4 is 28.5 Å². The number of halogens is 1. The number of carbonyl (C=O) groups is 1. The number of fused-ring (bicyclic) bond motifs is 1. The Morgan fingerprint density at radius 2 is 1.54 bits per heavy atom. The Labute approximate surface area is 155 Å². The van der Waals surface area contributed by atoms with Gasteiger partial charge in [0.2, 0.25) is 0 Å². The van der Waals surface area contributed by atoms with E-state index in [4.69, 9.17) is 16.6 Å². The molecule has 0 aliphatic rings. The Bertz CT molecular complexity index is 1120. The molecule has 26 heavy (non-hydrogen) atoms. The number of aromatic nitrogens is 1. The highest BCUT2D eigenvalue weighted by Crippen LogP contribution is 2.38. The topological polar surface area (TPSA) is 50.2 Å². The molecular weight excluding hydrogens is 346 g/mol. The number of para-hydroxylation sites is 1. The van der Waals surface area contributed by atoms with Crippen LogP contribution in [-0.4, -0.2) is 16.1 Å². The number of hydrogen-bond donors (Lipinski definition) is 1. The Morgan fingerprint density at radius 1 is 0.846 bits per heavy atom. The third-order valence-electron chi connectivity index (χ3n) is 4.27. The summed E-state index contributed by atoms with van der Waals surface area (Å²) in [5.74, 6) is -0.981. The van der Waals surface area contributed by atoms with Gasteiger partial charge in [0.1, 0.15) is 0 Å². The molecule has 0 fully saturated rings. The lowest BCUT2D eigenvalue weighted by atomic mass is 9.92. The van der Waals surface area contributed by atoms with E-state index in [0.717, 1.165) is 11.1 Å². The first kappa shape index (κ1) is 16.3. The van der Waals surface area contributed by atoms with Crippen molar-refractivity contribution in [2.45, 2.75) is 0 Å². The normalized spacial score (nSPS) is 10.8. The van der Waals surface area contributed by atoms with Crippen LogP contribution in [0, 0.1) is 0 Å². The van der Waals surface area contributed by atoms with E-state index in [1.54, 1.807) is 18.2 Å². The Kier molecular flexibility index (Phi) is 4.15. The first-order valence-corrected chi connectivity index (χ1v) is 8.50. The van der Waals surface area contributed by atoms with Gasteiger partial charge in [-0.3, -0.25) is 0 Å². The van der Waals surface area contributed by atoms with Crippen LogP contribution in [0.4, 0.5) is 0 Å². The van der Waals surface area contributed by atoms with Gasteiger partial charge in [0, 0.05) is 21.5 Å². The van der Waals surface area contributed by atoms with Gasteiger partial charge in [-0.2, -0.15) is 0 Å². The second-order valence-corrected chi connectivity index (χ2v) is 6.35. The van der Waals surface area contributed by atoms with Gasteiger partial charge in [-0.15, -0.1) is 0 Å². The summed E-state index contributed by atoms with van der Waals surface area (Å²) in [5.41, 5.74) is 3.67. The van der Waals surface area contributed by atoms with Crippen LogP contribution < -0.4 is 0 Å². The average molecular weight is 360 g/mol. The first-order valence-electron chi connectivity index (χ1n) is 8.12. The zero-order valence-electron chi connectivity index (χ0n) is 13.7. The zero-order chi connectivity index (χ0) is 18.1. The van der Waals surface area contributed by atoms with Crippen molar-refractivity contribution in [1.29, 1.82) is 0 Å². The number of aromatic carboxylic acids is 1. The lowest BCUT2D eigenvalue weighted by Crippen LogP contribution is -2.05. The molecule has 0 bridgehead atoms. The largest absolute Gasteiger partial charge is 0.478 e. The van der Waals surface area contributed by atoms with Crippen molar-refractivity contribution in [3.05, 3.63) is 89.4 Å². The van der Waals surface area contributed by atoms with E-state index < -0.39 is 5.97 Å². The van der Waals surface area contributed by atoms with Gasteiger partial charge in [-0.1, -0.05) is 72.3 Å². The summed E-state index contributed by atoms with van der Waals surface area (Å²) in [4.78, 5) is 17.0. The molecular formula is C22H14ClNO2. The highest BCUT2D eigenvalue weighted by atomic mass is 35.5. The van der Waals surface area contributed by atoms with Crippen molar-refractivity contribution in [1.82, 2.24) is 4.98 Å². The number of carboxylic acid groups (broad SMARTS) is 1. The van der Waals surface area contributed by atoms with Crippen LogP contribution in [-0.2, 0) is 0 Å². The van der Waals surface area contributed by atoms with Gasteiger partial charge in [-0.05, 0) is 23.8 Å². The van der Waals surface area contributed by atoms with Crippen molar-refractivity contribution in [2.75, 3.05) is 0 Å². The average Bonchev–Trinajstić information content (AvgIpc) is 2.67. The maximum Gasteiger partial charge on any atom is 0.337 e. The second-order valence-electron chi connectivity index (χ2n) is 5.91. The number of benzene rings is 3. The molecule has 0 saturated heterocycles. The lowest BCUT2D eigenvalue weighted by Gasteiger charge is -2.15. The van der Waals surface area contributed by atoms with Crippen LogP contribution in [0.2, 0.25) is 5.02 Å². The van der Waals surface area contributed by atoms with Crippen molar-refractivity contribution in [3.63, 3.8) is 0 Å². The standard InChI is InChI=1S/C22H14ClNO2/c23-16-10-6-9-15(13-16)21-19(14-7-2-1-3-8-14)20(22(25)26)17-11-4-5-12-18(17)24-21/h1-13H,(H,25,26). The molecule has 3 nitrogen and oxygen atoms in total. The summed E-state index contributed by atoms with van der Waals surface area (Å²) >= 11 is 6.17.